The minimum Gasteiger partial charge on any atom is -0.391 e. The van der Waals surface area contributed by atoms with Crippen LogP contribution in [0.3, 0.4) is 0 Å². The van der Waals surface area contributed by atoms with Gasteiger partial charge >= 0.3 is 0 Å². The van der Waals surface area contributed by atoms with E-state index in [2.05, 4.69) is 0 Å². The van der Waals surface area contributed by atoms with Gasteiger partial charge in [-0.1, -0.05) is 17.7 Å². The smallest absolute Gasteiger partial charge is 0.0954 e. The number of benzene rings is 1. The van der Waals surface area contributed by atoms with E-state index in [4.69, 9.17) is 22.1 Å². The number of aryl methyl sites for hydroxylation is 1. The van der Waals surface area contributed by atoms with Crippen LogP contribution in [-0.4, -0.2) is 23.9 Å². The van der Waals surface area contributed by atoms with Crippen molar-refractivity contribution in [1.29, 1.82) is 0 Å². The maximum absolute atomic E-state index is 9.44. The molecule has 3 N–H and O–H groups in total. The van der Waals surface area contributed by atoms with Crippen molar-refractivity contribution in [3.05, 3.63) is 34.3 Å². The summed E-state index contributed by atoms with van der Waals surface area (Å²) < 4.78 is 5.75. The van der Waals surface area contributed by atoms with Crippen LogP contribution in [0.2, 0.25) is 5.02 Å². The van der Waals surface area contributed by atoms with Crippen LogP contribution < -0.4 is 5.73 Å². The molecule has 1 aromatic rings. The molecule has 3 unspecified atom stereocenters. The molecule has 3 nitrogen and oxygen atoms in total. The standard InChI is InChI=1S/C13H20ClNO2/c1-8-6-11(14)4-5-12(8)13(7-15)17-10(3)9(2)16/h4-6,9-10,13,16H,7,15H2,1-3H3. The average molecular weight is 258 g/mol. The van der Waals surface area contributed by atoms with E-state index in [9.17, 15) is 5.11 Å². The lowest BCUT2D eigenvalue weighted by molar-refractivity contribution is -0.0593. The van der Waals surface area contributed by atoms with Crippen molar-refractivity contribution in [2.75, 3.05) is 6.54 Å². The molecule has 0 aliphatic rings. The summed E-state index contributed by atoms with van der Waals surface area (Å²) in [6.45, 7) is 5.88. The van der Waals surface area contributed by atoms with Gasteiger partial charge in [-0.2, -0.15) is 0 Å². The van der Waals surface area contributed by atoms with Crippen LogP contribution in [-0.2, 0) is 4.74 Å². The Kier molecular flexibility index (Phi) is 5.40. The number of hydrogen-bond acceptors (Lipinski definition) is 3. The van der Waals surface area contributed by atoms with E-state index in [1.165, 1.54) is 0 Å². The summed E-state index contributed by atoms with van der Waals surface area (Å²) in [5.41, 5.74) is 7.79. The van der Waals surface area contributed by atoms with Gasteiger partial charge in [-0.25, -0.2) is 0 Å². The zero-order chi connectivity index (χ0) is 13.0. The summed E-state index contributed by atoms with van der Waals surface area (Å²) in [7, 11) is 0. The van der Waals surface area contributed by atoms with E-state index in [1.54, 1.807) is 6.92 Å². The first-order chi connectivity index (χ1) is 7.95. The third-order valence-corrected chi connectivity index (χ3v) is 3.09. The molecule has 3 atom stereocenters. The van der Waals surface area contributed by atoms with Crippen molar-refractivity contribution in [1.82, 2.24) is 0 Å². The third kappa shape index (κ3) is 3.96. The molecule has 1 rings (SSSR count). The topological polar surface area (TPSA) is 55.5 Å². The van der Waals surface area contributed by atoms with Gasteiger partial charge in [0, 0.05) is 11.6 Å². The van der Waals surface area contributed by atoms with E-state index in [0.29, 0.717) is 11.6 Å². The van der Waals surface area contributed by atoms with E-state index in [1.807, 2.05) is 32.0 Å². The summed E-state index contributed by atoms with van der Waals surface area (Å²) in [6, 6.07) is 5.63. The van der Waals surface area contributed by atoms with Crippen LogP contribution in [0.1, 0.15) is 31.1 Å². The highest BCUT2D eigenvalue weighted by Crippen LogP contribution is 2.25. The van der Waals surface area contributed by atoms with E-state index in [0.717, 1.165) is 11.1 Å². The fourth-order valence-electron chi connectivity index (χ4n) is 1.63. The summed E-state index contributed by atoms with van der Waals surface area (Å²) in [5, 5.41) is 10.1. The first-order valence-corrected chi connectivity index (χ1v) is 6.13. The minimum atomic E-state index is -0.517. The summed E-state index contributed by atoms with van der Waals surface area (Å²) in [5.74, 6) is 0. The number of aliphatic hydroxyl groups excluding tert-OH is 1. The quantitative estimate of drug-likeness (QED) is 0.852. The van der Waals surface area contributed by atoms with E-state index < -0.39 is 6.10 Å². The zero-order valence-electron chi connectivity index (χ0n) is 10.5. The van der Waals surface area contributed by atoms with Crippen LogP contribution in [0.15, 0.2) is 18.2 Å². The van der Waals surface area contributed by atoms with Gasteiger partial charge in [-0.15, -0.1) is 0 Å². The van der Waals surface area contributed by atoms with Crippen molar-refractivity contribution in [3.8, 4) is 0 Å². The van der Waals surface area contributed by atoms with Crippen LogP contribution in [0.4, 0.5) is 0 Å². The molecule has 0 saturated carbocycles. The van der Waals surface area contributed by atoms with Crippen LogP contribution >= 0.6 is 11.6 Å². The molecule has 0 heterocycles. The average Bonchev–Trinajstić information content (AvgIpc) is 2.26. The molecule has 0 radical (unpaired) electrons. The highest BCUT2D eigenvalue weighted by Gasteiger charge is 2.18. The number of aliphatic hydroxyl groups is 1. The van der Waals surface area contributed by atoms with Gasteiger partial charge in [0.25, 0.3) is 0 Å². The largest absolute Gasteiger partial charge is 0.391 e. The van der Waals surface area contributed by atoms with Crippen molar-refractivity contribution < 1.29 is 9.84 Å². The normalized spacial score (nSPS) is 16.6. The molecule has 0 aliphatic heterocycles. The zero-order valence-corrected chi connectivity index (χ0v) is 11.2. The molecule has 17 heavy (non-hydrogen) atoms. The Morgan fingerprint density at radius 3 is 2.53 bits per heavy atom. The summed E-state index contributed by atoms with van der Waals surface area (Å²) in [6.07, 6.45) is -0.979. The number of nitrogens with two attached hydrogens (primary N) is 1. The molecule has 0 spiro atoms. The molecule has 0 bridgehead atoms. The van der Waals surface area contributed by atoms with Crippen molar-refractivity contribution in [3.63, 3.8) is 0 Å². The van der Waals surface area contributed by atoms with Crippen LogP contribution in [0.5, 0.6) is 0 Å². The van der Waals surface area contributed by atoms with Crippen molar-refractivity contribution in [2.24, 2.45) is 5.73 Å². The number of ether oxygens (including phenoxy) is 1. The molecule has 0 aliphatic carbocycles. The maximum atomic E-state index is 9.44. The fourth-order valence-corrected chi connectivity index (χ4v) is 1.86. The van der Waals surface area contributed by atoms with E-state index in [-0.39, 0.29) is 12.2 Å². The van der Waals surface area contributed by atoms with Crippen molar-refractivity contribution >= 4 is 11.6 Å². The second-order valence-electron chi connectivity index (χ2n) is 4.31. The van der Waals surface area contributed by atoms with Crippen LogP contribution in [0.25, 0.3) is 0 Å². The minimum absolute atomic E-state index is 0.211. The lowest BCUT2D eigenvalue weighted by Crippen LogP contribution is -2.28. The van der Waals surface area contributed by atoms with Gasteiger partial charge in [-0.05, 0) is 44.0 Å². The molecular weight excluding hydrogens is 238 g/mol. The third-order valence-electron chi connectivity index (χ3n) is 2.85. The van der Waals surface area contributed by atoms with Gasteiger partial charge in [-0.3, -0.25) is 0 Å². The Balaban J connectivity index is 2.86. The Labute approximate surface area is 108 Å². The highest BCUT2D eigenvalue weighted by molar-refractivity contribution is 6.30. The molecule has 0 aromatic heterocycles. The molecule has 0 fully saturated rings. The van der Waals surface area contributed by atoms with Crippen LogP contribution in [0, 0.1) is 6.92 Å². The van der Waals surface area contributed by atoms with Gasteiger partial charge in [0.15, 0.2) is 0 Å². The Bertz CT molecular complexity index is 368. The van der Waals surface area contributed by atoms with Crippen molar-refractivity contribution in [2.45, 2.75) is 39.1 Å². The predicted octanol–water partition coefficient (Wildman–Crippen LogP) is 2.43. The molecule has 4 heteroatoms. The molecule has 96 valence electrons. The Morgan fingerprint density at radius 2 is 2.06 bits per heavy atom. The first-order valence-electron chi connectivity index (χ1n) is 5.75. The summed E-state index contributed by atoms with van der Waals surface area (Å²) >= 11 is 5.91. The molecule has 0 saturated heterocycles. The molecule has 1 aromatic carbocycles. The van der Waals surface area contributed by atoms with Gasteiger partial charge < -0.3 is 15.6 Å². The lowest BCUT2D eigenvalue weighted by atomic mass is 10.0. The fraction of sp³-hybridized carbons (Fsp3) is 0.538. The highest BCUT2D eigenvalue weighted by atomic mass is 35.5. The second-order valence-corrected chi connectivity index (χ2v) is 4.74. The van der Waals surface area contributed by atoms with Gasteiger partial charge in [0.05, 0.1) is 18.3 Å². The number of rotatable bonds is 5. The predicted molar refractivity (Wildman–Crippen MR) is 70.2 cm³/mol. The van der Waals surface area contributed by atoms with E-state index >= 15 is 0 Å². The second kappa shape index (κ2) is 6.36. The SMILES string of the molecule is Cc1cc(Cl)ccc1C(CN)OC(C)C(C)O. The number of hydrogen-bond donors (Lipinski definition) is 2. The lowest BCUT2D eigenvalue weighted by Gasteiger charge is -2.24. The summed E-state index contributed by atoms with van der Waals surface area (Å²) in [4.78, 5) is 0. The van der Waals surface area contributed by atoms with Gasteiger partial charge in [0.1, 0.15) is 0 Å². The number of halogens is 1. The maximum Gasteiger partial charge on any atom is 0.0954 e. The monoisotopic (exact) mass is 257 g/mol. The molecule has 0 amide bonds. The Morgan fingerprint density at radius 1 is 1.41 bits per heavy atom. The first kappa shape index (κ1) is 14.5. The molecular formula is C13H20ClNO2. The Hall–Kier alpha value is -0.610. The van der Waals surface area contributed by atoms with Gasteiger partial charge in [0.2, 0.25) is 0 Å².